The Hall–Kier alpha value is -2.28. The van der Waals surface area contributed by atoms with Gasteiger partial charge in [0.25, 0.3) is 0 Å². The molecule has 0 aliphatic carbocycles. The maximum Gasteiger partial charge on any atom is 0.327 e. The first-order valence-corrected chi connectivity index (χ1v) is 8.39. The van der Waals surface area contributed by atoms with Gasteiger partial charge in [-0.3, -0.25) is 24.6 Å². The number of carbonyl (C=O) groups excluding carboxylic acids is 3. The smallest absolute Gasteiger partial charge is 0.327 e. The normalized spacial score (nSPS) is 31.4. The molecular weight excluding hydrogens is 327 g/mol. The summed E-state index contributed by atoms with van der Waals surface area (Å²) in [4.78, 5) is 39.1. The third kappa shape index (κ3) is 2.37. The highest BCUT2D eigenvalue weighted by Crippen LogP contribution is 2.50. The van der Waals surface area contributed by atoms with Gasteiger partial charge in [-0.1, -0.05) is 25.1 Å². The molecule has 1 aromatic carbocycles. The molecule has 2 aliphatic rings. The van der Waals surface area contributed by atoms with Gasteiger partial charge < -0.3 is 4.74 Å². The highest BCUT2D eigenvalue weighted by Gasteiger charge is 2.67. The molecule has 7 heteroatoms. The topological polar surface area (TPSA) is 75.7 Å². The van der Waals surface area contributed by atoms with Crippen LogP contribution in [-0.2, 0) is 19.1 Å². The van der Waals surface area contributed by atoms with Gasteiger partial charge in [0.2, 0.25) is 11.8 Å². The number of carbonyl (C=O) groups is 3. The third-order valence-electron chi connectivity index (χ3n) is 5.31. The van der Waals surface area contributed by atoms with Crippen LogP contribution in [0.3, 0.4) is 0 Å². The lowest BCUT2D eigenvalue weighted by molar-refractivity contribution is -0.156. The van der Waals surface area contributed by atoms with Crippen molar-refractivity contribution in [2.24, 2.45) is 11.8 Å². The number of benzene rings is 1. The summed E-state index contributed by atoms with van der Waals surface area (Å²) in [7, 11) is 1.40. The van der Waals surface area contributed by atoms with Crippen molar-refractivity contribution < 1.29 is 23.5 Å². The van der Waals surface area contributed by atoms with E-state index in [4.69, 9.17) is 4.74 Å². The molecule has 0 radical (unpaired) electrons. The van der Waals surface area contributed by atoms with Crippen molar-refractivity contribution in [1.29, 1.82) is 0 Å². The number of esters is 1. The van der Waals surface area contributed by atoms with Crippen LogP contribution in [0, 0.1) is 17.7 Å². The van der Waals surface area contributed by atoms with Gasteiger partial charge >= 0.3 is 5.97 Å². The number of halogens is 1. The summed E-state index contributed by atoms with van der Waals surface area (Å²) in [6.45, 7) is 3.58. The maximum absolute atomic E-state index is 14.4. The van der Waals surface area contributed by atoms with Crippen molar-refractivity contribution in [3.63, 3.8) is 0 Å². The maximum atomic E-state index is 14.4. The zero-order valence-electron chi connectivity index (χ0n) is 14.4. The van der Waals surface area contributed by atoms with E-state index in [2.05, 4.69) is 5.32 Å². The molecule has 4 atom stereocenters. The third-order valence-corrected chi connectivity index (χ3v) is 5.31. The van der Waals surface area contributed by atoms with Crippen LogP contribution >= 0.6 is 0 Å². The molecule has 0 unspecified atom stereocenters. The predicted octanol–water partition coefficient (Wildman–Crippen LogP) is 1.41. The Bertz CT molecular complexity index is 738. The lowest BCUT2D eigenvalue weighted by atomic mass is 9.78. The molecule has 6 nitrogen and oxygen atoms in total. The Morgan fingerprint density at radius 2 is 1.96 bits per heavy atom. The number of hydrogen-bond donors (Lipinski definition) is 1. The van der Waals surface area contributed by atoms with Crippen molar-refractivity contribution in [3.8, 4) is 0 Å². The van der Waals surface area contributed by atoms with Gasteiger partial charge in [0.15, 0.2) is 0 Å². The van der Waals surface area contributed by atoms with Crippen LogP contribution < -0.4 is 5.32 Å². The van der Waals surface area contributed by atoms with E-state index < -0.39 is 47.0 Å². The van der Waals surface area contributed by atoms with E-state index in [9.17, 15) is 18.8 Å². The van der Waals surface area contributed by atoms with E-state index in [1.165, 1.54) is 13.1 Å². The lowest BCUT2D eigenvalue weighted by Gasteiger charge is -2.31. The number of fused-ring (bicyclic) bond motifs is 1. The van der Waals surface area contributed by atoms with Gasteiger partial charge in [0.05, 0.1) is 18.4 Å². The summed E-state index contributed by atoms with van der Waals surface area (Å²) in [5.74, 6) is -3.64. The summed E-state index contributed by atoms with van der Waals surface area (Å²) in [6, 6.07) is 5.31. The summed E-state index contributed by atoms with van der Waals surface area (Å²) in [6.07, 6.45) is 0.255. The number of imide groups is 1. The molecule has 2 amide bonds. The number of amides is 2. The van der Waals surface area contributed by atoms with Crippen LogP contribution in [0.4, 0.5) is 4.39 Å². The summed E-state index contributed by atoms with van der Waals surface area (Å²) >= 11 is 0. The first kappa shape index (κ1) is 17.5. The monoisotopic (exact) mass is 348 g/mol. The minimum absolute atomic E-state index is 0.155. The SMILES string of the molecule is CCOC(=O)[C@]1(CC)N[C@H](c2ccccc2F)[C@@H]2C(=O)N(C)C(=O)[C@@H]21. The highest BCUT2D eigenvalue weighted by atomic mass is 19.1. The summed E-state index contributed by atoms with van der Waals surface area (Å²) < 4.78 is 19.5. The fourth-order valence-electron chi connectivity index (χ4n) is 4.06. The first-order valence-electron chi connectivity index (χ1n) is 8.39. The van der Waals surface area contributed by atoms with Gasteiger partial charge in [0.1, 0.15) is 11.4 Å². The fourth-order valence-corrected chi connectivity index (χ4v) is 4.06. The molecule has 0 bridgehead atoms. The van der Waals surface area contributed by atoms with E-state index in [1.807, 2.05) is 0 Å². The number of rotatable bonds is 4. The average Bonchev–Trinajstić information content (AvgIpc) is 3.06. The van der Waals surface area contributed by atoms with E-state index in [0.29, 0.717) is 0 Å². The second-order valence-electron chi connectivity index (χ2n) is 6.43. The zero-order valence-corrected chi connectivity index (χ0v) is 14.4. The van der Waals surface area contributed by atoms with Crippen LogP contribution in [0.15, 0.2) is 24.3 Å². The fraction of sp³-hybridized carbons (Fsp3) is 0.500. The predicted molar refractivity (Wildman–Crippen MR) is 86.7 cm³/mol. The molecule has 2 fully saturated rings. The molecule has 1 aromatic rings. The highest BCUT2D eigenvalue weighted by molar-refractivity contribution is 6.09. The first-order chi connectivity index (χ1) is 11.9. The minimum Gasteiger partial charge on any atom is -0.465 e. The van der Waals surface area contributed by atoms with Gasteiger partial charge in [-0.15, -0.1) is 0 Å². The largest absolute Gasteiger partial charge is 0.465 e. The van der Waals surface area contributed by atoms with Crippen molar-refractivity contribution >= 4 is 17.8 Å². The van der Waals surface area contributed by atoms with Crippen LogP contribution in [0.1, 0.15) is 31.9 Å². The quantitative estimate of drug-likeness (QED) is 0.658. The Morgan fingerprint density at radius 3 is 2.56 bits per heavy atom. The molecule has 0 spiro atoms. The molecule has 25 heavy (non-hydrogen) atoms. The van der Waals surface area contributed by atoms with Crippen LogP contribution in [0.2, 0.25) is 0 Å². The van der Waals surface area contributed by atoms with Gasteiger partial charge in [0, 0.05) is 18.7 Å². The zero-order chi connectivity index (χ0) is 18.4. The van der Waals surface area contributed by atoms with Crippen molar-refractivity contribution in [3.05, 3.63) is 35.6 Å². The van der Waals surface area contributed by atoms with Crippen molar-refractivity contribution in [1.82, 2.24) is 10.2 Å². The van der Waals surface area contributed by atoms with Crippen molar-refractivity contribution in [2.75, 3.05) is 13.7 Å². The molecule has 0 saturated carbocycles. The van der Waals surface area contributed by atoms with Crippen LogP contribution in [0.25, 0.3) is 0 Å². The van der Waals surface area contributed by atoms with E-state index in [0.717, 1.165) is 4.90 Å². The number of ether oxygens (including phenoxy) is 1. The number of nitrogens with zero attached hydrogens (tertiary/aromatic N) is 1. The second kappa shape index (κ2) is 6.22. The Morgan fingerprint density at radius 1 is 1.28 bits per heavy atom. The second-order valence-corrected chi connectivity index (χ2v) is 6.43. The minimum atomic E-state index is -1.34. The molecule has 3 rings (SSSR count). The average molecular weight is 348 g/mol. The molecule has 134 valence electrons. The van der Waals surface area contributed by atoms with Crippen molar-refractivity contribution in [2.45, 2.75) is 31.8 Å². The van der Waals surface area contributed by atoms with Gasteiger partial charge in [-0.25, -0.2) is 4.39 Å². The Labute approximate surface area is 145 Å². The molecular formula is C18H21FN2O4. The number of nitrogens with one attached hydrogen (secondary N) is 1. The standard InChI is InChI=1S/C18H21FN2O4/c1-4-18(17(24)25-5-2)13-12(15(22)21(3)16(13)23)14(20-18)10-8-6-7-9-11(10)19/h6-9,12-14,20H,4-5H2,1-3H3/t12-,13-,14-,18-/m1/s1. The molecule has 2 heterocycles. The summed E-state index contributed by atoms with van der Waals surface area (Å²) in [5, 5.41) is 3.10. The van der Waals surface area contributed by atoms with E-state index >= 15 is 0 Å². The number of likely N-dealkylation sites (tertiary alicyclic amines) is 1. The molecule has 0 aromatic heterocycles. The van der Waals surface area contributed by atoms with Crippen LogP contribution in [-0.4, -0.2) is 41.9 Å². The summed E-state index contributed by atoms with van der Waals surface area (Å²) in [5.41, 5.74) is -1.07. The number of hydrogen-bond acceptors (Lipinski definition) is 5. The molecule has 2 saturated heterocycles. The van der Waals surface area contributed by atoms with Gasteiger partial charge in [-0.05, 0) is 19.4 Å². The molecule has 2 aliphatic heterocycles. The Balaban J connectivity index is 2.14. The molecule has 1 N–H and O–H groups in total. The Kier molecular flexibility index (Phi) is 4.36. The van der Waals surface area contributed by atoms with Gasteiger partial charge in [-0.2, -0.15) is 0 Å². The van der Waals surface area contributed by atoms with E-state index in [-0.39, 0.29) is 18.6 Å². The van der Waals surface area contributed by atoms with E-state index in [1.54, 1.807) is 32.0 Å². The lowest BCUT2D eigenvalue weighted by Crippen LogP contribution is -2.55. The van der Waals surface area contributed by atoms with Crippen LogP contribution in [0.5, 0.6) is 0 Å².